The van der Waals surface area contributed by atoms with Crippen LogP contribution in [0.25, 0.3) is 0 Å². The summed E-state index contributed by atoms with van der Waals surface area (Å²) >= 11 is 0. The van der Waals surface area contributed by atoms with E-state index in [0.717, 1.165) is 5.56 Å². The fraction of sp³-hybridized carbons (Fsp3) is 0.316. The Labute approximate surface area is 155 Å². The van der Waals surface area contributed by atoms with Gasteiger partial charge in [0.25, 0.3) is 5.91 Å². The molecule has 0 N–H and O–H groups in total. The Bertz CT molecular complexity index is 788. The van der Waals surface area contributed by atoms with Gasteiger partial charge < -0.3 is 19.3 Å². The molecular formula is C19H21F3N2O3. The summed E-state index contributed by atoms with van der Waals surface area (Å²) in [5, 5.41) is 0. The van der Waals surface area contributed by atoms with Crippen LogP contribution in [0.2, 0.25) is 0 Å². The van der Waals surface area contributed by atoms with Crippen LogP contribution in [0.3, 0.4) is 0 Å². The molecule has 0 aliphatic heterocycles. The van der Waals surface area contributed by atoms with Gasteiger partial charge >= 0.3 is 6.36 Å². The number of ether oxygens (including phenoxy) is 2. The Morgan fingerprint density at radius 1 is 0.963 bits per heavy atom. The predicted molar refractivity (Wildman–Crippen MR) is 95.0 cm³/mol. The second-order valence-electron chi connectivity index (χ2n) is 6.38. The average molecular weight is 382 g/mol. The molecule has 0 fully saturated rings. The second-order valence-corrected chi connectivity index (χ2v) is 6.38. The van der Waals surface area contributed by atoms with E-state index in [2.05, 4.69) is 4.74 Å². The second kappa shape index (κ2) is 8.30. The quantitative estimate of drug-likeness (QED) is 0.753. The van der Waals surface area contributed by atoms with Crippen molar-refractivity contribution in [3.8, 4) is 17.2 Å². The maximum absolute atomic E-state index is 12.3. The minimum Gasteiger partial charge on any atom is -0.457 e. The molecule has 27 heavy (non-hydrogen) atoms. The van der Waals surface area contributed by atoms with E-state index in [1.807, 2.05) is 19.0 Å². The Morgan fingerprint density at radius 2 is 1.56 bits per heavy atom. The normalized spacial score (nSPS) is 11.4. The largest absolute Gasteiger partial charge is 0.573 e. The first-order valence-corrected chi connectivity index (χ1v) is 8.08. The summed E-state index contributed by atoms with van der Waals surface area (Å²) < 4.78 is 46.4. The standard InChI is InChI=1S/C19H21F3N2O3/c1-23(2)12-14-6-5-13(18(25)24(3)4)11-17(14)26-15-7-9-16(10-8-15)27-19(20,21)22/h5-11H,12H2,1-4H3. The summed E-state index contributed by atoms with van der Waals surface area (Å²) in [5.74, 6) is 0.282. The van der Waals surface area contributed by atoms with Crippen LogP contribution in [0.1, 0.15) is 15.9 Å². The summed E-state index contributed by atoms with van der Waals surface area (Å²) in [7, 11) is 7.09. The summed E-state index contributed by atoms with van der Waals surface area (Å²) in [6.07, 6.45) is -4.75. The number of alkyl halides is 3. The zero-order valence-corrected chi connectivity index (χ0v) is 15.5. The third-order valence-corrected chi connectivity index (χ3v) is 3.49. The molecule has 2 rings (SSSR count). The van der Waals surface area contributed by atoms with Crippen LogP contribution >= 0.6 is 0 Å². The lowest BCUT2D eigenvalue weighted by atomic mass is 10.1. The first-order chi connectivity index (χ1) is 12.5. The van der Waals surface area contributed by atoms with Crippen molar-refractivity contribution in [2.45, 2.75) is 12.9 Å². The molecule has 0 aliphatic carbocycles. The maximum atomic E-state index is 12.3. The third-order valence-electron chi connectivity index (χ3n) is 3.49. The van der Waals surface area contributed by atoms with Crippen LogP contribution < -0.4 is 9.47 Å². The lowest BCUT2D eigenvalue weighted by Gasteiger charge is -2.17. The van der Waals surface area contributed by atoms with Crippen molar-refractivity contribution in [1.82, 2.24) is 9.80 Å². The lowest BCUT2D eigenvalue weighted by Crippen LogP contribution is -2.21. The smallest absolute Gasteiger partial charge is 0.457 e. The molecule has 0 aliphatic rings. The van der Waals surface area contributed by atoms with Crippen molar-refractivity contribution in [2.75, 3.05) is 28.2 Å². The van der Waals surface area contributed by atoms with Crippen LogP contribution in [0.4, 0.5) is 13.2 Å². The van der Waals surface area contributed by atoms with Crippen molar-refractivity contribution >= 4 is 5.91 Å². The summed E-state index contributed by atoms with van der Waals surface area (Å²) in [5.41, 5.74) is 1.29. The van der Waals surface area contributed by atoms with Gasteiger partial charge in [0.1, 0.15) is 17.2 Å². The summed E-state index contributed by atoms with van der Waals surface area (Å²) in [4.78, 5) is 15.6. The molecule has 0 saturated heterocycles. The van der Waals surface area contributed by atoms with Crippen molar-refractivity contribution in [1.29, 1.82) is 0 Å². The highest BCUT2D eigenvalue weighted by Gasteiger charge is 2.31. The number of rotatable bonds is 6. The van der Waals surface area contributed by atoms with Gasteiger partial charge in [-0.25, -0.2) is 0 Å². The number of amides is 1. The van der Waals surface area contributed by atoms with Crippen molar-refractivity contribution in [3.63, 3.8) is 0 Å². The van der Waals surface area contributed by atoms with Gasteiger partial charge in [0, 0.05) is 31.8 Å². The first-order valence-electron chi connectivity index (χ1n) is 8.08. The summed E-state index contributed by atoms with van der Waals surface area (Å²) in [6, 6.07) is 10.2. The monoisotopic (exact) mass is 382 g/mol. The highest BCUT2D eigenvalue weighted by molar-refractivity contribution is 5.94. The molecule has 0 radical (unpaired) electrons. The van der Waals surface area contributed by atoms with Gasteiger partial charge in [-0.1, -0.05) is 6.07 Å². The molecule has 0 aromatic heterocycles. The van der Waals surface area contributed by atoms with Crippen LogP contribution in [0, 0.1) is 0 Å². The van der Waals surface area contributed by atoms with Crippen molar-refractivity contribution in [2.24, 2.45) is 0 Å². The Balaban J connectivity index is 2.29. The fourth-order valence-corrected chi connectivity index (χ4v) is 2.35. The van der Waals surface area contributed by atoms with E-state index in [0.29, 0.717) is 23.6 Å². The van der Waals surface area contributed by atoms with E-state index in [4.69, 9.17) is 4.74 Å². The lowest BCUT2D eigenvalue weighted by molar-refractivity contribution is -0.274. The third kappa shape index (κ3) is 6.18. The minimum absolute atomic E-state index is 0.176. The molecule has 0 spiro atoms. The number of carbonyl (C=O) groups excluding carboxylic acids is 1. The van der Waals surface area contributed by atoms with E-state index in [9.17, 15) is 18.0 Å². The molecule has 2 aromatic rings. The number of carbonyl (C=O) groups is 1. The molecule has 0 saturated carbocycles. The van der Waals surface area contributed by atoms with Crippen LogP contribution in [0.5, 0.6) is 17.2 Å². The highest BCUT2D eigenvalue weighted by Crippen LogP contribution is 2.30. The van der Waals surface area contributed by atoms with E-state index in [-0.39, 0.29) is 11.7 Å². The Morgan fingerprint density at radius 3 is 2.07 bits per heavy atom. The maximum Gasteiger partial charge on any atom is 0.573 e. The highest BCUT2D eigenvalue weighted by atomic mass is 19.4. The molecule has 146 valence electrons. The zero-order chi connectivity index (χ0) is 20.2. The van der Waals surface area contributed by atoms with Gasteiger partial charge in [-0.2, -0.15) is 0 Å². The van der Waals surface area contributed by atoms with Crippen LogP contribution in [0.15, 0.2) is 42.5 Å². The van der Waals surface area contributed by atoms with E-state index in [1.165, 1.54) is 29.2 Å². The van der Waals surface area contributed by atoms with Crippen LogP contribution in [-0.2, 0) is 6.54 Å². The molecule has 8 heteroatoms. The predicted octanol–water partition coefficient (Wildman–Crippen LogP) is 4.14. The van der Waals surface area contributed by atoms with Gasteiger partial charge in [-0.3, -0.25) is 4.79 Å². The molecule has 0 atom stereocenters. The SMILES string of the molecule is CN(C)Cc1ccc(C(=O)N(C)C)cc1Oc1ccc(OC(F)(F)F)cc1. The Hall–Kier alpha value is -2.74. The summed E-state index contributed by atoms with van der Waals surface area (Å²) in [6.45, 7) is 0.570. The Kier molecular flexibility index (Phi) is 6.32. The minimum atomic E-state index is -4.75. The van der Waals surface area contributed by atoms with E-state index >= 15 is 0 Å². The zero-order valence-electron chi connectivity index (χ0n) is 15.5. The van der Waals surface area contributed by atoms with Gasteiger partial charge in [-0.15, -0.1) is 13.2 Å². The molecule has 1 amide bonds. The van der Waals surface area contributed by atoms with Crippen molar-refractivity contribution < 1.29 is 27.4 Å². The molecule has 0 bridgehead atoms. The van der Waals surface area contributed by atoms with E-state index < -0.39 is 6.36 Å². The number of hydrogen-bond donors (Lipinski definition) is 0. The number of halogens is 3. The van der Waals surface area contributed by atoms with Crippen LogP contribution in [-0.4, -0.2) is 50.3 Å². The van der Waals surface area contributed by atoms with Gasteiger partial charge in [-0.05, 0) is 50.5 Å². The first kappa shape index (κ1) is 20.6. The average Bonchev–Trinajstić information content (AvgIpc) is 2.55. The molecule has 5 nitrogen and oxygen atoms in total. The van der Waals surface area contributed by atoms with E-state index in [1.54, 1.807) is 32.3 Å². The molecular weight excluding hydrogens is 361 g/mol. The molecule has 2 aromatic carbocycles. The fourth-order valence-electron chi connectivity index (χ4n) is 2.35. The number of benzene rings is 2. The molecule has 0 unspecified atom stereocenters. The number of nitrogens with zero attached hydrogens (tertiary/aromatic N) is 2. The van der Waals surface area contributed by atoms with Gasteiger partial charge in [0.2, 0.25) is 0 Å². The van der Waals surface area contributed by atoms with Gasteiger partial charge in [0.05, 0.1) is 0 Å². The van der Waals surface area contributed by atoms with Crippen molar-refractivity contribution in [3.05, 3.63) is 53.6 Å². The topological polar surface area (TPSA) is 42.0 Å². The van der Waals surface area contributed by atoms with Gasteiger partial charge in [0.15, 0.2) is 0 Å². The molecule has 0 heterocycles. The number of hydrogen-bond acceptors (Lipinski definition) is 4.